The zero-order valence-electron chi connectivity index (χ0n) is 27.0. The molecule has 9 heteroatoms. The molecule has 4 aromatic rings. The van der Waals surface area contributed by atoms with E-state index < -0.39 is 11.8 Å². The number of carbonyl (C=O) groups is 3. The Morgan fingerprint density at radius 2 is 1.60 bits per heavy atom. The van der Waals surface area contributed by atoms with Crippen molar-refractivity contribution in [3.8, 4) is 11.4 Å². The van der Waals surface area contributed by atoms with Crippen molar-refractivity contribution in [2.45, 2.75) is 26.8 Å². The van der Waals surface area contributed by atoms with Crippen molar-refractivity contribution in [3.05, 3.63) is 161 Å². The molecule has 0 radical (unpaired) electrons. The number of phenolic OH excluding ortho intramolecular Hbond substituents is 1. The van der Waals surface area contributed by atoms with Crippen LogP contribution in [0.4, 0.5) is 0 Å². The number of benzene rings is 3. The lowest BCUT2D eigenvalue weighted by atomic mass is 9.99. The second kappa shape index (κ2) is 15.3. The Balaban J connectivity index is 1.44. The molecule has 8 nitrogen and oxygen atoms in total. The van der Waals surface area contributed by atoms with Crippen molar-refractivity contribution in [2.24, 2.45) is 4.99 Å². The van der Waals surface area contributed by atoms with E-state index in [2.05, 4.69) is 16.9 Å². The van der Waals surface area contributed by atoms with Gasteiger partial charge in [-0.3, -0.25) is 19.3 Å². The highest BCUT2D eigenvalue weighted by Crippen LogP contribution is 2.29. The first-order valence-corrected chi connectivity index (χ1v) is 16.3. The van der Waals surface area contributed by atoms with Gasteiger partial charge in [-0.2, -0.15) is 4.99 Å². The largest absolute Gasteiger partial charge is 0.508 e. The Bertz CT molecular complexity index is 1920. The molecule has 3 amide bonds. The quantitative estimate of drug-likeness (QED) is 0.107. The Morgan fingerprint density at radius 1 is 0.979 bits per heavy atom. The number of nitrogens with zero attached hydrogens (tertiary/aromatic N) is 3. The Labute approximate surface area is 284 Å². The van der Waals surface area contributed by atoms with Crippen LogP contribution < -0.4 is 5.32 Å². The topological polar surface area (TPSA) is 104 Å². The number of aliphatic imine (C=N–C) groups is 1. The molecule has 2 N–H and O–H groups in total. The molecule has 0 saturated heterocycles. The van der Waals surface area contributed by atoms with E-state index in [1.165, 1.54) is 4.90 Å². The molecular weight excluding hydrogens is 621 g/mol. The van der Waals surface area contributed by atoms with Crippen LogP contribution >= 0.6 is 11.8 Å². The van der Waals surface area contributed by atoms with Gasteiger partial charge < -0.3 is 15.0 Å². The van der Waals surface area contributed by atoms with Gasteiger partial charge in [0, 0.05) is 22.8 Å². The normalized spacial score (nSPS) is 14.6. The number of rotatable bonds is 10. The van der Waals surface area contributed by atoms with Crippen LogP contribution in [0.1, 0.15) is 41.0 Å². The fourth-order valence-electron chi connectivity index (χ4n) is 5.48. The predicted octanol–water partition coefficient (Wildman–Crippen LogP) is 7.19. The number of hydrogen-bond acceptors (Lipinski definition) is 5. The summed E-state index contributed by atoms with van der Waals surface area (Å²) in [6.07, 6.45) is 8.27. The fraction of sp³-hybridized carbons (Fsp3) is 0.128. The molecule has 0 fully saturated rings. The molecule has 5 rings (SSSR count). The van der Waals surface area contributed by atoms with Gasteiger partial charge in [0.15, 0.2) is 5.17 Å². The lowest BCUT2D eigenvalue weighted by molar-refractivity contribution is -0.126. The minimum absolute atomic E-state index is 0.0823. The molecular formula is C39H36N4O4S. The maximum atomic E-state index is 14.1. The van der Waals surface area contributed by atoms with Crippen LogP contribution in [-0.4, -0.2) is 43.2 Å². The first kappa shape index (κ1) is 33.7. The monoisotopic (exact) mass is 656 g/mol. The van der Waals surface area contributed by atoms with Gasteiger partial charge in [0.1, 0.15) is 11.3 Å². The van der Waals surface area contributed by atoms with Crippen molar-refractivity contribution < 1.29 is 19.5 Å². The SMILES string of the molecule is C=C/C=C\C(=C/C)N1C(=O)/C(=C/c2cc(C)n(-c3ccc(O)cc3)c2C)C(=O)N=C1SCC(=O)NC(c1ccccc1)c1ccccc1. The minimum Gasteiger partial charge on any atom is -0.508 e. The number of aryl methyl sites for hydroxylation is 1. The Hall–Kier alpha value is -5.67. The van der Waals surface area contributed by atoms with Gasteiger partial charge in [-0.25, -0.2) is 0 Å². The van der Waals surface area contributed by atoms with E-state index in [1.807, 2.05) is 85.1 Å². The van der Waals surface area contributed by atoms with E-state index in [0.29, 0.717) is 11.3 Å². The number of amidine groups is 1. The van der Waals surface area contributed by atoms with Crippen molar-refractivity contribution in [1.82, 2.24) is 14.8 Å². The van der Waals surface area contributed by atoms with E-state index in [4.69, 9.17) is 0 Å². The molecule has 1 aliphatic heterocycles. The molecule has 0 saturated carbocycles. The molecule has 2 heterocycles. The number of phenols is 1. The maximum Gasteiger partial charge on any atom is 0.285 e. The lowest BCUT2D eigenvalue weighted by Gasteiger charge is -2.28. The third-order valence-electron chi connectivity index (χ3n) is 7.79. The highest BCUT2D eigenvalue weighted by molar-refractivity contribution is 8.14. The van der Waals surface area contributed by atoms with Gasteiger partial charge in [-0.1, -0.05) is 97.2 Å². The molecule has 0 unspecified atom stereocenters. The lowest BCUT2D eigenvalue weighted by Crippen LogP contribution is -2.42. The van der Waals surface area contributed by atoms with Crippen LogP contribution in [0.5, 0.6) is 5.75 Å². The number of aromatic nitrogens is 1. The Morgan fingerprint density at radius 3 is 2.19 bits per heavy atom. The van der Waals surface area contributed by atoms with E-state index >= 15 is 0 Å². The second-order valence-electron chi connectivity index (χ2n) is 11.0. The number of nitrogens with one attached hydrogen (secondary N) is 1. The highest BCUT2D eigenvalue weighted by atomic mass is 32.2. The van der Waals surface area contributed by atoms with Gasteiger partial charge in [0.2, 0.25) is 5.91 Å². The molecule has 48 heavy (non-hydrogen) atoms. The average Bonchev–Trinajstić information content (AvgIpc) is 3.38. The number of thioether (sulfide) groups is 1. The first-order chi connectivity index (χ1) is 23.2. The van der Waals surface area contributed by atoms with Crippen LogP contribution in [-0.2, 0) is 14.4 Å². The summed E-state index contributed by atoms with van der Waals surface area (Å²) in [5, 5.41) is 12.9. The van der Waals surface area contributed by atoms with Crippen LogP contribution in [0, 0.1) is 13.8 Å². The van der Waals surface area contributed by atoms with Crippen molar-refractivity contribution in [2.75, 3.05) is 5.75 Å². The minimum atomic E-state index is -0.691. The molecule has 0 atom stereocenters. The summed E-state index contributed by atoms with van der Waals surface area (Å²) in [6, 6.07) is 27.6. The van der Waals surface area contributed by atoms with Gasteiger partial charge in [-0.15, -0.1) is 0 Å². The van der Waals surface area contributed by atoms with Crippen LogP contribution in [0.2, 0.25) is 0 Å². The van der Waals surface area contributed by atoms with Crippen LogP contribution in [0.15, 0.2) is 138 Å². The summed E-state index contributed by atoms with van der Waals surface area (Å²) in [4.78, 5) is 46.7. The molecule has 1 aromatic heterocycles. The van der Waals surface area contributed by atoms with E-state index in [1.54, 1.807) is 61.6 Å². The third-order valence-corrected chi connectivity index (χ3v) is 8.73. The fourth-order valence-corrected chi connectivity index (χ4v) is 6.29. The smallest absolute Gasteiger partial charge is 0.285 e. The van der Waals surface area contributed by atoms with Crippen molar-refractivity contribution >= 4 is 40.7 Å². The second-order valence-corrected chi connectivity index (χ2v) is 11.9. The number of hydrogen-bond donors (Lipinski definition) is 2. The van der Waals surface area contributed by atoms with Gasteiger partial charge >= 0.3 is 0 Å². The van der Waals surface area contributed by atoms with Crippen molar-refractivity contribution in [3.63, 3.8) is 0 Å². The summed E-state index contributed by atoms with van der Waals surface area (Å²) < 4.78 is 1.98. The maximum absolute atomic E-state index is 14.1. The third kappa shape index (κ3) is 7.48. The highest BCUT2D eigenvalue weighted by Gasteiger charge is 2.35. The summed E-state index contributed by atoms with van der Waals surface area (Å²) in [5.74, 6) is -1.46. The average molecular weight is 657 g/mol. The Kier molecular flexibility index (Phi) is 10.7. The molecule has 242 valence electrons. The first-order valence-electron chi connectivity index (χ1n) is 15.4. The van der Waals surface area contributed by atoms with Crippen LogP contribution in [0.3, 0.4) is 0 Å². The number of amides is 3. The molecule has 0 aliphatic carbocycles. The van der Waals surface area contributed by atoms with E-state index in [0.717, 1.165) is 40.0 Å². The molecule has 1 aliphatic rings. The molecule has 0 bridgehead atoms. The van der Waals surface area contributed by atoms with Gasteiger partial charge in [0.25, 0.3) is 11.8 Å². The zero-order chi connectivity index (χ0) is 34.2. The number of carbonyl (C=O) groups excluding carboxylic acids is 3. The molecule has 3 aromatic carbocycles. The van der Waals surface area contributed by atoms with Crippen molar-refractivity contribution in [1.29, 1.82) is 0 Å². The zero-order valence-corrected chi connectivity index (χ0v) is 27.8. The van der Waals surface area contributed by atoms with Gasteiger partial charge in [-0.05, 0) is 79.9 Å². The summed E-state index contributed by atoms with van der Waals surface area (Å²) in [5.41, 5.74) is 5.43. The van der Waals surface area contributed by atoms with Crippen LogP contribution in [0.25, 0.3) is 11.8 Å². The van der Waals surface area contributed by atoms with Gasteiger partial charge in [0.05, 0.1) is 11.8 Å². The standard InChI is InChI=1S/C39H36N4O4S/c1-5-7-18-31(6-2)43-38(47)34(24-30-23-26(3)42(27(30)4)32-19-21-33(44)22-20-32)37(46)41-39(43)48-25-35(45)40-36(28-14-10-8-11-15-28)29-16-12-9-13-17-29/h5-24,36,44H,1,25H2,2-4H3,(H,40,45)/b18-7-,31-6+,34-24+. The van der Waals surface area contributed by atoms with E-state index in [-0.39, 0.29) is 34.2 Å². The summed E-state index contributed by atoms with van der Waals surface area (Å²) >= 11 is 1.02. The predicted molar refractivity (Wildman–Crippen MR) is 193 cm³/mol. The summed E-state index contributed by atoms with van der Waals surface area (Å²) in [7, 11) is 0. The number of allylic oxidation sites excluding steroid dienone is 4. The molecule has 0 spiro atoms. The number of aromatic hydroxyl groups is 1. The summed E-state index contributed by atoms with van der Waals surface area (Å²) in [6.45, 7) is 9.33. The van der Waals surface area contributed by atoms with E-state index in [9.17, 15) is 19.5 Å².